The molecule has 0 saturated carbocycles. The molecule has 1 N–H and O–H groups in total. The number of hydrogen-bond donors (Lipinski definition) is 1. The molecule has 4 bridgehead atoms. The smallest absolute Gasteiger partial charge is 0.255 e. The first-order chi connectivity index (χ1) is 17.0. The second-order valence-corrected chi connectivity index (χ2v) is 9.03. The number of amides is 1. The summed E-state index contributed by atoms with van der Waals surface area (Å²) in [6.45, 7) is 10.2. The Kier molecular flexibility index (Phi) is 7.94. The van der Waals surface area contributed by atoms with E-state index >= 15 is 0 Å². The van der Waals surface area contributed by atoms with E-state index in [1.54, 1.807) is 24.4 Å². The van der Waals surface area contributed by atoms with Gasteiger partial charge in [-0.15, -0.1) is 0 Å². The first kappa shape index (κ1) is 24.2. The predicted molar refractivity (Wildman–Crippen MR) is 146 cm³/mol. The molecule has 4 heteroatoms. The summed E-state index contributed by atoms with van der Waals surface area (Å²) in [7, 11) is 1.88. The summed E-state index contributed by atoms with van der Waals surface area (Å²) in [6.07, 6.45) is 12.1. The van der Waals surface area contributed by atoms with Crippen molar-refractivity contribution in [3.63, 3.8) is 0 Å². The third kappa shape index (κ3) is 6.36. The molecule has 3 heterocycles. The molecule has 0 unspecified atom stereocenters. The van der Waals surface area contributed by atoms with Crippen LogP contribution in [-0.4, -0.2) is 24.0 Å². The molecular weight excluding hydrogens is 430 g/mol. The lowest BCUT2D eigenvalue weighted by atomic mass is 9.99. The van der Waals surface area contributed by atoms with Crippen molar-refractivity contribution in [1.29, 1.82) is 0 Å². The quantitative estimate of drug-likeness (QED) is 0.466. The predicted octanol–water partition coefficient (Wildman–Crippen LogP) is 6.20. The van der Waals surface area contributed by atoms with Crippen LogP contribution in [0.15, 0.2) is 91.8 Å². The molecule has 2 aliphatic heterocycles. The van der Waals surface area contributed by atoms with E-state index in [2.05, 4.69) is 65.4 Å². The number of carbonyl (C=O) groups excluding carboxylic acids is 1. The Morgan fingerprint density at radius 3 is 2.57 bits per heavy atom. The molecule has 1 amide bonds. The average Bonchev–Trinajstić information content (AvgIpc) is 2.89. The van der Waals surface area contributed by atoms with Crippen LogP contribution in [0.25, 0.3) is 5.57 Å². The van der Waals surface area contributed by atoms with E-state index in [0.29, 0.717) is 17.8 Å². The molecule has 1 aromatic heterocycles. The minimum Gasteiger partial charge on any atom is -0.345 e. The highest BCUT2D eigenvalue weighted by atomic mass is 16.1. The molecule has 5 rings (SSSR count). The summed E-state index contributed by atoms with van der Waals surface area (Å²) in [4.78, 5) is 19.5. The Morgan fingerprint density at radius 1 is 1.06 bits per heavy atom. The molecule has 0 spiro atoms. The molecular formula is C31H34N3O. The highest BCUT2D eigenvalue weighted by Crippen LogP contribution is 2.21. The first-order valence-corrected chi connectivity index (χ1v) is 12.1. The fraction of sp³-hybridized carbons (Fsp3) is 0.226. The number of anilines is 1. The van der Waals surface area contributed by atoms with Gasteiger partial charge in [0.25, 0.3) is 5.91 Å². The van der Waals surface area contributed by atoms with Gasteiger partial charge in [-0.05, 0) is 78.1 Å². The summed E-state index contributed by atoms with van der Waals surface area (Å²) < 4.78 is 0. The van der Waals surface area contributed by atoms with Crippen LogP contribution < -0.4 is 10.2 Å². The molecule has 1 atom stereocenters. The van der Waals surface area contributed by atoms with Crippen molar-refractivity contribution >= 4 is 17.3 Å². The van der Waals surface area contributed by atoms with Crippen LogP contribution in [0.1, 0.15) is 46.9 Å². The molecule has 0 aliphatic carbocycles. The Labute approximate surface area is 210 Å². The molecule has 179 valence electrons. The van der Waals surface area contributed by atoms with E-state index in [0.717, 1.165) is 42.4 Å². The monoisotopic (exact) mass is 464 g/mol. The summed E-state index contributed by atoms with van der Waals surface area (Å²) in [5.74, 6) is 0.350. The van der Waals surface area contributed by atoms with Gasteiger partial charge in [-0.1, -0.05) is 67.8 Å². The van der Waals surface area contributed by atoms with Crippen LogP contribution in [0.4, 0.5) is 5.82 Å². The number of aryl methyl sites for hydroxylation is 2. The van der Waals surface area contributed by atoms with E-state index in [9.17, 15) is 4.79 Å². The minimum absolute atomic E-state index is 0. The average molecular weight is 465 g/mol. The van der Waals surface area contributed by atoms with Gasteiger partial charge in [0.05, 0.1) is 11.6 Å². The SMILES string of the molecule is [CH]=C[C@@H]1Cc2ccc(cc2)CCCCc2cccc(c2)C(=C)/C=C\N(C)c2ncccc2C(=O)N1.[HH]. The zero-order valence-corrected chi connectivity index (χ0v) is 20.3. The van der Waals surface area contributed by atoms with E-state index in [1.165, 1.54) is 11.1 Å². The van der Waals surface area contributed by atoms with Gasteiger partial charge in [-0.25, -0.2) is 4.98 Å². The number of allylic oxidation sites excluding steroid dienone is 2. The van der Waals surface area contributed by atoms with Gasteiger partial charge < -0.3 is 10.2 Å². The van der Waals surface area contributed by atoms with Crippen LogP contribution in [0.3, 0.4) is 0 Å². The van der Waals surface area contributed by atoms with Crippen molar-refractivity contribution in [2.45, 2.75) is 38.1 Å². The Balaban J connectivity index is 0.00000361. The molecule has 0 fully saturated rings. The summed E-state index contributed by atoms with van der Waals surface area (Å²) in [6, 6.07) is 20.4. The van der Waals surface area contributed by atoms with Crippen LogP contribution in [0.5, 0.6) is 0 Å². The van der Waals surface area contributed by atoms with Crippen molar-refractivity contribution in [3.8, 4) is 0 Å². The molecule has 4 nitrogen and oxygen atoms in total. The van der Waals surface area contributed by atoms with Gasteiger partial charge in [-0.2, -0.15) is 0 Å². The van der Waals surface area contributed by atoms with Crippen molar-refractivity contribution in [2.24, 2.45) is 0 Å². The van der Waals surface area contributed by atoms with Gasteiger partial charge >= 0.3 is 0 Å². The molecule has 0 saturated heterocycles. The second kappa shape index (κ2) is 11.5. The number of nitrogens with one attached hydrogen (secondary N) is 1. The van der Waals surface area contributed by atoms with E-state index < -0.39 is 0 Å². The van der Waals surface area contributed by atoms with E-state index in [-0.39, 0.29) is 13.4 Å². The lowest BCUT2D eigenvalue weighted by molar-refractivity contribution is 0.0944. The van der Waals surface area contributed by atoms with Crippen LogP contribution in [0.2, 0.25) is 0 Å². The lowest BCUT2D eigenvalue weighted by Gasteiger charge is -2.19. The second-order valence-electron chi connectivity index (χ2n) is 9.03. The topological polar surface area (TPSA) is 45.2 Å². The Morgan fingerprint density at radius 2 is 1.80 bits per heavy atom. The molecule has 1 radical (unpaired) electrons. The van der Waals surface area contributed by atoms with Gasteiger partial charge in [0, 0.05) is 20.9 Å². The van der Waals surface area contributed by atoms with Gasteiger partial charge in [0.2, 0.25) is 0 Å². The lowest BCUT2D eigenvalue weighted by Crippen LogP contribution is -2.35. The third-order valence-corrected chi connectivity index (χ3v) is 6.37. The number of benzene rings is 2. The van der Waals surface area contributed by atoms with Crippen LogP contribution in [0, 0.1) is 6.58 Å². The highest BCUT2D eigenvalue weighted by Gasteiger charge is 2.17. The van der Waals surface area contributed by atoms with Crippen molar-refractivity contribution in [3.05, 3.63) is 126 Å². The molecule has 2 aliphatic rings. The van der Waals surface area contributed by atoms with Gasteiger partial charge in [0.1, 0.15) is 5.82 Å². The standard InChI is InChI=1S/C31H32N3O.H2/c1-4-28-22-26-16-14-24(15-17-26)9-5-6-10-25-11-7-12-27(21-25)23(2)18-20-34(3)30-29(31(35)33-28)13-8-19-32-30;/h1,4,7-8,11-21,28H,2,5-6,9-10,22H2,3H3,(H,33,35);1H/b4-1?,20-18-;/t28-;/m1./s1. The fourth-order valence-corrected chi connectivity index (χ4v) is 4.32. The Hall–Kier alpha value is -3.92. The number of hydrogen-bond acceptors (Lipinski definition) is 3. The maximum atomic E-state index is 13.2. The molecule has 3 aromatic rings. The summed E-state index contributed by atoms with van der Waals surface area (Å²) in [5.41, 5.74) is 6.26. The van der Waals surface area contributed by atoms with Crippen molar-refractivity contribution < 1.29 is 6.22 Å². The van der Waals surface area contributed by atoms with Gasteiger partial charge in [-0.3, -0.25) is 4.79 Å². The molecule has 35 heavy (non-hydrogen) atoms. The van der Waals surface area contributed by atoms with E-state index in [4.69, 9.17) is 6.58 Å². The van der Waals surface area contributed by atoms with E-state index in [1.807, 2.05) is 24.2 Å². The maximum Gasteiger partial charge on any atom is 0.255 e. The van der Waals surface area contributed by atoms with Crippen LogP contribution in [-0.2, 0) is 19.3 Å². The minimum atomic E-state index is -0.289. The molecule has 2 aromatic carbocycles. The largest absolute Gasteiger partial charge is 0.345 e. The fourth-order valence-electron chi connectivity index (χ4n) is 4.32. The zero-order chi connectivity index (χ0) is 24.6. The Bertz CT molecular complexity index is 1230. The van der Waals surface area contributed by atoms with Gasteiger partial charge in [0.15, 0.2) is 0 Å². The number of pyridine rings is 1. The first-order valence-electron chi connectivity index (χ1n) is 12.1. The highest BCUT2D eigenvalue weighted by molar-refractivity contribution is 5.99. The van der Waals surface area contributed by atoms with Crippen molar-refractivity contribution in [2.75, 3.05) is 11.9 Å². The number of nitrogens with zero attached hydrogens (tertiary/aromatic N) is 2. The number of fused-ring (bicyclic) bond motifs is 10. The third-order valence-electron chi connectivity index (χ3n) is 6.37. The number of rotatable bonds is 1. The zero-order valence-electron chi connectivity index (χ0n) is 20.3. The summed E-state index contributed by atoms with van der Waals surface area (Å²) >= 11 is 0. The number of aromatic nitrogens is 1. The normalized spacial score (nSPS) is 18.2. The van der Waals surface area contributed by atoms with Crippen molar-refractivity contribution in [1.82, 2.24) is 10.3 Å². The van der Waals surface area contributed by atoms with Crippen LogP contribution >= 0.6 is 0 Å². The maximum absolute atomic E-state index is 13.2. The summed E-state index contributed by atoms with van der Waals surface area (Å²) in [5, 5.41) is 3.05. The number of carbonyl (C=O) groups is 1.